The molecule has 1 atom stereocenters. The highest BCUT2D eigenvalue weighted by atomic mass is 32.1. The zero-order valence-corrected chi connectivity index (χ0v) is 15.3. The lowest BCUT2D eigenvalue weighted by Gasteiger charge is -2.41. The predicted molar refractivity (Wildman–Crippen MR) is 93.3 cm³/mol. The summed E-state index contributed by atoms with van der Waals surface area (Å²) in [6.45, 7) is 1.03. The molecule has 1 aliphatic heterocycles. The molecule has 10 heteroatoms. The average Bonchev–Trinajstić information content (AvgIpc) is 2.62. The molecule has 0 spiro atoms. The lowest BCUT2D eigenvalue weighted by molar-refractivity contribution is -0.202. The van der Waals surface area contributed by atoms with Crippen LogP contribution in [-0.2, 0) is 14.3 Å². The topological polar surface area (TPSA) is 75.7 Å². The molecule has 27 heavy (non-hydrogen) atoms. The number of thiol groups is 1. The second kappa shape index (κ2) is 8.30. The first-order valence-corrected chi connectivity index (χ1v) is 8.57. The fraction of sp³-hybridized carbons (Fsp3) is 0.471. The zero-order valence-electron chi connectivity index (χ0n) is 14.5. The zero-order chi connectivity index (χ0) is 20.2. The average molecular weight is 404 g/mol. The fourth-order valence-electron chi connectivity index (χ4n) is 2.72. The van der Waals surface area contributed by atoms with Gasteiger partial charge in [0.1, 0.15) is 6.04 Å². The molecule has 0 aromatic heterocycles. The summed E-state index contributed by atoms with van der Waals surface area (Å²) in [5.74, 6) is -4.79. The Morgan fingerprint density at radius 3 is 2.26 bits per heavy atom. The summed E-state index contributed by atoms with van der Waals surface area (Å²) in [5, 5.41) is 2.39. The van der Waals surface area contributed by atoms with Crippen LogP contribution in [0, 0.1) is 0 Å². The molecule has 0 aliphatic carbocycles. The molecule has 148 valence electrons. The Morgan fingerprint density at radius 2 is 1.74 bits per heavy atom. The van der Waals surface area contributed by atoms with Crippen molar-refractivity contribution in [3.63, 3.8) is 0 Å². The van der Waals surface area contributed by atoms with E-state index in [9.17, 15) is 27.6 Å². The van der Waals surface area contributed by atoms with Crippen LogP contribution < -0.4 is 5.32 Å². The minimum Gasteiger partial charge on any atom is -0.385 e. The van der Waals surface area contributed by atoms with Crippen LogP contribution in [0.5, 0.6) is 0 Å². The fourth-order valence-corrected chi connectivity index (χ4v) is 3.09. The van der Waals surface area contributed by atoms with Crippen molar-refractivity contribution >= 4 is 30.5 Å². The van der Waals surface area contributed by atoms with Crippen LogP contribution in [0.3, 0.4) is 0 Å². The third-order valence-corrected chi connectivity index (χ3v) is 5.07. The number of benzene rings is 1. The molecule has 1 heterocycles. The Kier molecular flexibility index (Phi) is 6.53. The molecule has 1 fully saturated rings. The van der Waals surface area contributed by atoms with Gasteiger partial charge in [-0.1, -0.05) is 18.2 Å². The normalized spacial score (nSPS) is 18.4. The van der Waals surface area contributed by atoms with Crippen molar-refractivity contribution in [3.8, 4) is 0 Å². The van der Waals surface area contributed by atoms with Gasteiger partial charge in [-0.3, -0.25) is 4.79 Å². The van der Waals surface area contributed by atoms with Gasteiger partial charge >= 0.3 is 18.1 Å². The maximum absolute atomic E-state index is 12.4. The van der Waals surface area contributed by atoms with Gasteiger partial charge in [0.25, 0.3) is 5.91 Å². The van der Waals surface area contributed by atoms with E-state index in [0.717, 1.165) is 0 Å². The molecule has 1 saturated heterocycles. The summed E-state index contributed by atoms with van der Waals surface area (Å²) in [5.41, 5.74) is 0.210. The summed E-state index contributed by atoms with van der Waals surface area (Å²) >= 11 is 4.47. The van der Waals surface area contributed by atoms with Gasteiger partial charge in [-0.05, 0) is 45.1 Å². The molecule has 1 aromatic rings. The first kappa shape index (κ1) is 21.2. The third kappa shape index (κ3) is 5.46. The second-order valence-corrected chi connectivity index (χ2v) is 7.28. The number of halogens is 3. The van der Waals surface area contributed by atoms with Crippen molar-refractivity contribution in [2.24, 2.45) is 0 Å². The van der Waals surface area contributed by atoms with Crippen molar-refractivity contribution in [2.45, 2.75) is 29.8 Å². The minimum absolute atomic E-state index is 0.210. The van der Waals surface area contributed by atoms with E-state index < -0.39 is 34.8 Å². The number of carbonyl (C=O) groups is 3. The van der Waals surface area contributed by atoms with Gasteiger partial charge in [0, 0.05) is 10.3 Å². The number of esters is 2. The van der Waals surface area contributed by atoms with Gasteiger partial charge < -0.3 is 15.0 Å². The van der Waals surface area contributed by atoms with Gasteiger partial charge in [-0.15, -0.1) is 0 Å². The molecule has 0 bridgehead atoms. The number of likely N-dealkylation sites (tertiary alicyclic amines) is 1. The van der Waals surface area contributed by atoms with E-state index in [1.54, 1.807) is 18.2 Å². The molecule has 1 N–H and O–H groups in total. The third-order valence-electron chi connectivity index (χ3n) is 4.36. The molecule has 0 unspecified atom stereocenters. The first-order chi connectivity index (χ1) is 12.5. The highest BCUT2D eigenvalue weighted by molar-refractivity contribution is 7.82. The maximum Gasteiger partial charge on any atom is 0.491 e. The maximum atomic E-state index is 12.4. The van der Waals surface area contributed by atoms with Gasteiger partial charge in [-0.2, -0.15) is 25.8 Å². The van der Waals surface area contributed by atoms with E-state index in [2.05, 4.69) is 22.7 Å². The number of nitrogens with zero attached hydrogens (tertiary/aromatic N) is 1. The number of ether oxygens (including phenoxy) is 1. The molecule has 1 aliphatic rings. The number of nitrogens with one attached hydrogen (secondary N) is 1. The highest BCUT2D eigenvalue weighted by Gasteiger charge is 2.48. The van der Waals surface area contributed by atoms with Crippen molar-refractivity contribution in [2.75, 3.05) is 20.1 Å². The SMILES string of the molecule is CN1CCC(S)([C@@H](NC(=O)c2ccccc2)C(=O)OC(=O)C(F)(F)F)CC1. The number of amides is 1. The van der Waals surface area contributed by atoms with E-state index in [1.165, 1.54) is 12.1 Å². The van der Waals surface area contributed by atoms with Crippen molar-refractivity contribution < 1.29 is 32.3 Å². The van der Waals surface area contributed by atoms with E-state index in [1.807, 2.05) is 11.9 Å². The van der Waals surface area contributed by atoms with Gasteiger partial charge in [0.05, 0.1) is 0 Å². The second-order valence-electron chi connectivity index (χ2n) is 6.39. The van der Waals surface area contributed by atoms with Crippen LogP contribution in [-0.4, -0.2) is 59.8 Å². The highest BCUT2D eigenvalue weighted by Crippen LogP contribution is 2.33. The summed E-state index contributed by atoms with van der Waals surface area (Å²) in [7, 11) is 1.84. The van der Waals surface area contributed by atoms with Gasteiger partial charge in [0.15, 0.2) is 0 Å². The molecule has 0 radical (unpaired) electrons. The van der Waals surface area contributed by atoms with E-state index >= 15 is 0 Å². The molecular weight excluding hydrogens is 385 g/mol. The summed E-state index contributed by atoms with van der Waals surface area (Å²) in [6.07, 6.45) is -4.70. The lowest BCUT2D eigenvalue weighted by atomic mass is 9.88. The summed E-state index contributed by atoms with van der Waals surface area (Å²) in [6, 6.07) is 6.33. The monoisotopic (exact) mass is 404 g/mol. The Labute approximate surface area is 159 Å². The van der Waals surface area contributed by atoms with E-state index in [-0.39, 0.29) is 5.56 Å². The largest absolute Gasteiger partial charge is 0.491 e. The summed E-state index contributed by atoms with van der Waals surface area (Å²) < 4.78 is 40.2. The predicted octanol–water partition coefficient (Wildman–Crippen LogP) is 1.81. The molecule has 2 rings (SSSR count). The Hall–Kier alpha value is -2.07. The number of hydrogen-bond acceptors (Lipinski definition) is 6. The number of carbonyl (C=O) groups excluding carboxylic acids is 3. The Morgan fingerprint density at radius 1 is 1.19 bits per heavy atom. The van der Waals surface area contributed by atoms with Crippen LogP contribution >= 0.6 is 12.6 Å². The first-order valence-electron chi connectivity index (χ1n) is 8.12. The molecule has 6 nitrogen and oxygen atoms in total. The van der Waals surface area contributed by atoms with Crippen LogP contribution in [0.4, 0.5) is 13.2 Å². The number of alkyl halides is 3. The van der Waals surface area contributed by atoms with Crippen LogP contribution in [0.25, 0.3) is 0 Å². The molecule has 1 aromatic carbocycles. The number of rotatable bonds is 4. The smallest absolute Gasteiger partial charge is 0.385 e. The molecule has 1 amide bonds. The lowest BCUT2D eigenvalue weighted by Crippen LogP contribution is -2.58. The van der Waals surface area contributed by atoms with E-state index in [0.29, 0.717) is 25.9 Å². The van der Waals surface area contributed by atoms with Crippen molar-refractivity contribution in [1.29, 1.82) is 0 Å². The summed E-state index contributed by atoms with van der Waals surface area (Å²) in [4.78, 5) is 37.8. The standard InChI is InChI=1S/C17H19F3N2O4S/c1-22-9-7-16(27,8-10-22)12(14(24)26-15(25)17(18,19)20)21-13(23)11-5-3-2-4-6-11/h2-6,12,27H,7-10H2,1H3,(H,21,23)/t12-/m0/s1. The van der Waals surface area contributed by atoms with E-state index in [4.69, 9.17) is 0 Å². The van der Waals surface area contributed by atoms with Crippen molar-refractivity contribution in [3.05, 3.63) is 35.9 Å². The van der Waals surface area contributed by atoms with Gasteiger partial charge in [-0.25, -0.2) is 9.59 Å². The van der Waals surface area contributed by atoms with Gasteiger partial charge in [0.2, 0.25) is 0 Å². The minimum atomic E-state index is -5.32. The number of piperidine rings is 1. The van der Waals surface area contributed by atoms with Crippen molar-refractivity contribution in [1.82, 2.24) is 10.2 Å². The molecular formula is C17H19F3N2O4S. The quantitative estimate of drug-likeness (QED) is 0.455. The van der Waals surface area contributed by atoms with Crippen LogP contribution in [0.1, 0.15) is 23.2 Å². The van der Waals surface area contributed by atoms with Crippen LogP contribution in [0.15, 0.2) is 30.3 Å². The van der Waals surface area contributed by atoms with Crippen LogP contribution in [0.2, 0.25) is 0 Å². The Balaban J connectivity index is 2.24. The Bertz CT molecular complexity index is 704. The molecule has 0 saturated carbocycles. The number of hydrogen-bond donors (Lipinski definition) is 2.